The Kier molecular flexibility index (Phi) is 2.93. The molecular weight excluding hydrogens is 212 g/mol. The maximum atomic E-state index is 8.73. The van der Waals surface area contributed by atoms with E-state index in [0.29, 0.717) is 11.4 Å². The predicted octanol–water partition coefficient (Wildman–Crippen LogP) is 2.30. The Hall–Kier alpha value is -2.54. The summed E-state index contributed by atoms with van der Waals surface area (Å²) in [5, 5.41) is 8.73. The van der Waals surface area contributed by atoms with Crippen molar-refractivity contribution < 1.29 is 0 Å². The highest BCUT2D eigenvalue weighted by Gasteiger charge is 2.05. The molecule has 84 valence electrons. The van der Waals surface area contributed by atoms with E-state index in [9.17, 15) is 0 Å². The molecule has 0 saturated heterocycles. The van der Waals surface area contributed by atoms with Crippen molar-refractivity contribution in [1.82, 2.24) is 4.98 Å². The van der Waals surface area contributed by atoms with Crippen LogP contribution in [0.1, 0.15) is 5.56 Å². The number of nitriles is 1. The summed E-state index contributed by atoms with van der Waals surface area (Å²) in [5.41, 5.74) is 7.24. The number of aromatic nitrogens is 1. The third-order valence-corrected chi connectivity index (χ3v) is 2.48. The Morgan fingerprint density at radius 3 is 2.47 bits per heavy atom. The standard InChI is InChI=1S/C13H12N4/c1-17(13-4-2-3-12(15)16-13)11-7-5-10(9-14)6-8-11/h2-8H,1H3,(H2,15,16). The normalized spacial score (nSPS) is 9.65. The van der Waals surface area contributed by atoms with Gasteiger partial charge in [-0.3, -0.25) is 0 Å². The van der Waals surface area contributed by atoms with Crippen LogP contribution in [0.5, 0.6) is 0 Å². The highest BCUT2D eigenvalue weighted by molar-refractivity contribution is 5.61. The maximum Gasteiger partial charge on any atom is 0.135 e. The number of hydrogen-bond acceptors (Lipinski definition) is 4. The maximum absolute atomic E-state index is 8.73. The number of hydrogen-bond donors (Lipinski definition) is 1. The van der Waals surface area contributed by atoms with E-state index in [1.807, 2.05) is 36.2 Å². The van der Waals surface area contributed by atoms with E-state index in [4.69, 9.17) is 11.0 Å². The Bertz CT molecular complexity index is 554. The van der Waals surface area contributed by atoms with E-state index in [-0.39, 0.29) is 0 Å². The van der Waals surface area contributed by atoms with Gasteiger partial charge in [0.15, 0.2) is 0 Å². The number of nitrogens with two attached hydrogens (primary N) is 1. The van der Waals surface area contributed by atoms with E-state index in [0.717, 1.165) is 11.5 Å². The molecule has 0 radical (unpaired) electrons. The second-order valence-corrected chi connectivity index (χ2v) is 3.64. The summed E-state index contributed by atoms with van der Waals surface area (Å²) in [4.78, 5) is 6.14. The van der Waals surface area contributed by atoms with Crippen LogP contribution in [0, 0.1) is 11.3 Å². The number of nitrogens with zero attached hydrogens (tertiary/aromatic N) is 3. The topological polar surface area (TPSA) is 65.9 Å². The fourth-order valence-corrected chi connectivity index (χ4v) is 1.52. The molecule has 0 amide bonds. The average Bonchev–Trinajstić information content (AvgIpc) is 2.38. The Morgan fingerprint density at radius 2 is 1.88 bits per heavy atom. The first kappa shape index (κ1) is 11.0. The minimum absolute atomic E-state index is 0.489. The lowest BCUT2D eigenvalue weighted by molar-refractivity contribution is 1.13. The molecule has 0 saturated carbocycles. The summed E-state index contributed by atoms with van der Waals surface area (Å²) in [6, 6.07) is 14.9. The Balaban J connectivity index is 2.30. The highest BCUT2D eigenvalue weighted by Crippen LogP contribution is 2.22. The molecule has 0 spiro atoms. The zero-order valence-electron chi connectivity index (χ0n) is 9.46. The minimum atomic E-state index is 0.489. The molecule has 0 unspecified atom stereocenters. The van der Waals surface area contributed by atoms with E-state index in [1.54, 1.807) is 18.2 Å². The summed E-state index contributed by atoms with van der Waals surface area (Å²) in [5.74, 6) is 1.26. The summed E-state index contributed by atoms with van der Waals surface area (Å²) in [6.07, 6.45) is 0. The molecule has 0 aliphatic heterocycles. The molecule has 1 aromatic carbocycles. The van der Waals surface area contributed by atoms with Crippen LogP contribution in [0.2, 0.25) is 0 Å². The fraction of sp³-hybridized carbons (Fsp3) is 0.0769. The monoisotopic (exact) mass is 224 g/mol. The van der Waals surface area contributed by atoms with Gasteiger partial charge in [-0.2, -0.15) is 5.26 Å². The van der Waals surface area contributed by atoms with Crippen molar-refractivity contribution in [2.45, 2.75) is 0 Å². The molecule has 4 nitrogen and oxygen atoms in total. The van der Waals surface area contributed by atoms with Crippen molar-refractivity contribution in [2.75, 3.05) is 17.7 Å². The highest BCUT2D eigenvalue weighted by atomic mass is 15.2. The molecule has 0 aliphatic carbocycles. The quantitative estimate of drug-likeness (QED) is 0.850. The lowest BCUT2D eigenvalue weighted by atomic mass is 10.2. The van der Waals surface area contributed by atoms with Gasteiger partial charge in [0.2, 0.25) is 0 Å². The molecular formula is C13H12N4. The van der Waals surface area contributed by atoms with Gasteiger partial charge in [-0.25, -0.2) is 4.98 Å². The largest absolute Gasteiger partial charge is 0.384 e. The molecule has 0 aliphatic rings. The van der Waals surface area contributed by atoms with Crippen molar-refractivity contribution in [3.63, 3.8) is 0 Å². The van der Waals surface area contributed by atoms with E-state index >= 15 is 0 Å². The number of benzene rings is 1. The smallest absolute Gasteiger partial charge is 0.135 e. The zero-order valence-corrected chi connectivity index (χ0v) is 9.46. The molecule has 1 aromatic heterocycles. The van der Waals surface area contributed by atoms with Gasteiger partial charge < -0.3 is 10.6 Å². The van der Waals surface area contributed by atoms with Gasteiger partial charge in [-0.05, 0) is 36.4 Å². The van der Waals surface area contributed by atoms with Gasteiger partial charge in [0.1, 0.15) is 11.6 Å². The first-order chi connectivity index (χ1) is 8.20. The fourth-order valence-electron chi connectivity index (χ4n) is 1.52. The van der Waals surface area contributed by atoms with Crippen LogP contribution >= 0.6 is 0 Å². The molecule has 0 bridgehead atoms. The van der Waals surface area contributed by atoms with Crippen LogP contribution in [0.4, 0.5) is 17.3 Å². The third kappa shape index (κ3) is 2.34. The number of anilines is 3. The van der Waals surface area contributed by atoms with Gasteiger partial charge in [0.05, 0.1) is 11.6 Å². The van der Waals surface area contributed by atoms with Crippen molar-refractivity contribution in [1.29, 1.82) is 5.26 Å². The van der Waals surface area contributed by atoms with Crippen LogP contribution < -0.4 is 10.6 Å². The van der Waals surface area contributed by atoms with Gasteiger partial charge >= 0.3 is 0 Å². The minimum Gasteiger partial charge on any atom is -0.384 e. The lowest BCUT2D eigenvalue weighted by Gasteiger charge is -2.18. The van der Waals surface area contributed by atoms with Crippen molar-refractivity contribution in [3.05, 3.63) is 48.0 Å². The lowest BCUT2D eigenvalue weighted by Crippen LogP contribution is -2.11. The van der Waals surface area contributed by atoms with Gasteiger partial charge in [0, 0.05) is 12.7 Å². The molecule has 2 aromatic rings. The Morgan fingerprint density at radius 1 is 1.18 bits per heavy atom. The molecule has 0 atom stereocenters. The molecule has 17 heavy (non-hydrogen) atoms. The SMILES string of the molecule is CN(c1ccc(C#N)cc1)c1cccc(N)n1. The Labute approximate surface area is 99.9 Å². The molecule has 2 rings (SSSR count). The average molecular weight is 224 g/mol. The van der Waals surface area contributed by atoms with Crippen molar-refractivity contribution in [3.8, 4) is 6.07 Å². The van der Waals surface area contributed by atoms with Crippen LogP contribution in [-0.4, -0.2) is 12.0 Å². The molecule has 2 N–H and O–H groups in total. The van der Waals surface area contributed by atoms with Gasteiger partial charge in [-0.1, -0.05) is 6.07 Å². The van der Waals surface area contributed by atoms with Gasteiger partial charge in [0.25, 0.3) is 0 Å². The van der Waals surface area contributed by atoms with E-state index in [1.165, 1.54) is 0 Å². The predicted molar refractivity (Wildman–Crippen MR) is 67.9 cm³/mol. The molecule has 1 heterocycles. The number of pyridine rings is 1. The summed E-state index contributed by atoms with van der Waals surface area (Å²) < 4.78 is 0. The zero-order chi connectivity index (χ0) is 12.3. The summed E-state index contributed by atoms with van der Waals surface area (Å²) in [6.45, 7) is 0. The molecule has 4 heteroatoms. The van der Waals surface area contributed by atoms with E-state index < -0.39 is 0 Å². The molecule has 0 fully saturated rings. The third-order valence-electron chi connectivity index (χ3n) is 2.48. The van der Waals surface area contributed by atoms with Crippen molar-refractivity contribution in [2.24, 2.45) is 0 Å². The second-order valence-electron chi connectivity index (χ2n) is 3.64. The summed E-state index contributed by atoms with van der Waals surface area (Å²) in [7, 11) is 1.91. The van der Waals surface area contributed by atoms with Gasteiger partial charge in [-0.15, -0.1) is 0 Å². The summed E-state index contributed by atoms with van der Waals surface area (Å²) >= 11 is 0. The second kappa shape index (κ2) is 4.54. The van der Waals surface area contributed by atoms with Crippen LogP contribution in [0.3, 0.4) is 0 Å². The number of nitrogen functional groups attached to an aromatic ring is 1. The van der Waals surface area contributed by atoms with Crippen LogP contribution in [-0.2, 0) is 0 Å². The van der Waals surface area contributed by atoms with Crippen LogP contribution in [0.25, 0.3) is 0 Å². The van der Waals surface area contributed by atoms with Crippen LogP contribution in [0.15, 0.2) is 42.5 Å². The first-order valence-electron chi connectivity index (χ1n) is 5.17. The van der Waals surface area contributed by atoms with E-state index in [2.05, 4.69) is 11.1 Å². The number of rotatable bonds is 2. The first-order valence-corrected chi connectivity index (χ1v) is 5.17. The van der Waals surface area contributed by atoms with Crippen molar-refractivity contribution >= 4 is 17.3 Å².